The number of aryl methyl sites for hydroxylation is 1. The van der Waals surface area contributed by atoms with Crippen LogP contribution in [-0.4, -0.2) is 35.3 Å². The molecular formula is C10H15N3O2S. The first-order valence-electron chi connectivity index (χ1n) is 5.48. The van der Waals surface area contributed by atoms with Gasteiger partial charge >= 0.3 is 0 Å². The van der Waals surface area contributed by atoms with E-state index in [1.54, 1.807) is 0 Å². The minimum absolute atomic E-state index is 0.0567. The van der Waals surface area contributed by atoms with Crippen LogP contribution in [-0.2, 0) is 11.2 Å². The molecule has 1 saturated heterocycles. The quantitative estimate of drug-likeness (QED) is 0.849. The molecule has 88 valence electrons. The Balaban J connectivity index is 1.87. The molecular weight excluding hydrogens is 226 g/mol. The van der Waals surface area contributed by atoms with E-state index in [1.807, 2.05) is 6.92 Å². The number of carbonyl (C=O) groups excluding carboxylic acids is 1. The Morgan fingerprint density at radius 1 is 1.69 bits per heavy atom. The molecule has 1 fully saturated rings. The zero-order valence-electron chi connectivity index (χ0n) is 9.23. The largest absolute Gasteiger partial charge is 0.381 e. The van der Waals surface area contributed by atoms with Gasteiger partial charge in [-0.3, -0.25) is 4.79 Å². The maximum absolute atomic E-state index is 11.8. The van der Waals surface area contributed by atoms with Crippen LogP contribution in [0.15, 0.2) is 0 Å². The summed E-state index contributed by atoms with van der Waals surface area (Å²) in [6.07, 6.45) is 1.77. The van der Waals surface area contributed by atoms with Crippen LogP contribution in [0.4, 0.5) is 0 Å². The first-order chi connectivity index (χ1) is 7.81. The third-order valence-electron chi connectivity index (χ3n) is 2.67. The molecule has 1 aromatic rings. The number of carbonyl (C=O) groups is 1. The fourth-order valence-electron chi connectivity index (χ4n) is 1.67. The minimum atomic E-state index is -0.0567. The molecule has 1 amide bonds. The summed E-state index contributed by atoms with van der Waals surface area (Å²) in [4.78, 5) is 12.5. The Kier molecular flexibility index (Phi) is 3.84. The van der Waals surface area contributed by atoms with Crippen molar-refractivity contribution in [2.75, 3.05) is 19.8 Å². The molecule has 0 aromatic carbocycles. The highest BCUT2D eigenvalue weighted by Gasteiger charge is 2.19. The SMILES string of the molecule is CCc1nnsc1C(=O)NCC1CCOC1. The van der Waals surface area contributed by atoms with Crippen LogP contribution in [0, 0.1) is 5.92 Å². The molecule has 1 aliphatic heterocycles. The number of aromatic nitrogens is 2. The van der Waals surface area contributed by atoms with Crippen molar-refractivity contribution in [3.8, 4) is 0 Å². The van der Waals surface area contributed by atoms with Gasteiger partial charge in [0, 0.05) is 19.1 Å². The van der Waals surface area contributed by atoms with Gasteiger partial charge in [-0.2, -0.15) is 0 Å². The van der Waals surface area contributed by atoms with E-state index in [0.717, 1.165) is 43.3 Å². The first kappa shape index (κ1) is 11.5. The second-order valence-corrected chi connectivity index (χ2v) is 4.60. The van der Waals surface area contributed by atoms with Crippen molar-refractivity contribution >= 4 is 17.4 Å². The molecule has 0 radical (unpaired) electrons. The summed E-state index contributed by atoms with van der Waals surface area (Å²) in [5, 5.41) is 6.83. The van der Waals surface area contributed by atoms with E-state index < -0.39 is 0 Å². The molecule has 0 saturated carbocycles. The highest BCUT2D eigenvalue weighted by atomic mass is 32.1. The van der Waals surface area contributed by atoms with Crippen molar-refractivity contribution < 1.29 is 9.53 Å². The summed E-state index contributed by atoms with van der Waals surface area (Å²) in [6, 6.07) is 0. The molecule has 1 aromatic heterocycles. The van der Waals surface area contributed by atoms with Gasteiger partial charge in [0.15, 0.2) is 0 Å². The highest BCUT2D eigenvalue weighted by Crippen LogP contribution is 2.13. The van der Waals surface area contributed by atoms with Gasteiger partial charge in [-0.25, -0.2) is 0 Å². The molecule has 2 heterocycles. The number of hydrogen-bond acceptors (Lipinski definition) is 5. The van der Waals surface area contributed by atoms with Gasteiger partial charge in [0.2, 0.25) is 0 Å². The normalized spacial score (nSPS) is 19.9. The van der Waals surface area contributed by atoms with E-state index in [-0.39, 0.29) is 5.91 Å². The Labute approximate surface area is 98.4 Å². The van der Waals surface area contributed by atoms with Gasteiger partial charge in [-0.1, -0.05) is 11.4 Å². The summed E-state index contributed by atoms with van der Waals surface area (Å²) >= 11 is 1.16. The second-order valence-electron chi connectivity index (χ2n) is 3.84. The summed E-state index contributed by atoms with van der Waals surface area (Å²) < 4.78 is 9.05. The average Bonchev–Trinajstić information content (AvgIpc) is 2.96. The predicted octanol–water partition coefficient (Wildman–Crippen LogP) is 0.867. The number of nitrogens with zero attached hydrogens (tertiary/aromatic N) is 2. The van der Waals surface area contributed by atoms with E-state index in [4.69, 9.17) is 4.74 Å². The molecule has 1 aliphatic rings. The van der Waals surface area contributed by atoms with Crippen LogP contribution in [0.1, 0.15) is 28.7 Å². The topological polar surface area (TPSA) is 64.1 Å². The number of nitrogens with one attached hydrogen (secondary N) is 1. The van der Waals surface area contributed by atoms with E-state index >= 15 is 0 Å². The Morgan fingerprint density at radius 3 is 3.25 bits per heavy atom. The molecule has 0 aliphatic carbocycles. The van der Waals surface area contributed by atoms with Crippen LogP contribution >= 0.6 is 11.5 Å². The summed E-state index contributed by atoms with van der Waals surface area (Å²) in [5.41, 5.74) is 0.783. The molecule has 1 N–H and O–H groups in total. The van der Waals surface area contributed by atoms with E-state index in [1.165, 1.54) is 0 Å². The van der Waals surface area contributed by atoms with Crippen molar-refractivity contribution in [1.82, 2.24) is 14.9 Å². The third-order valence-corrected chi connectivity index (χ3v) is 3.44. The zero-order chi connectivity index (χ0) is 11.4. The predicted molar refractivity (Wildman–Crippen MR) is 60.5 cm³/mol. The van der Waals surface area contributed by atoms with Crippen LogP contribution in [0.3, 0.4) is 0 Å². The van der Waals surface area contributed by atoms with Gasteiger partial charge in [0.25, 0.3) is 5.91 Å². The second kappa shape index (κ2) is 5.36. The Hall–Kier alpha value is -1.01. The lowest BCUT2D eigenvalue weighted by Gasteiger charge is -2.08. The number of hydrogen-bond donors (Lipinski definition) is 1. The molecule has 2 rings (SSSR count). The molecule has 6 heteroatoms. The number of rotatable bonds is 4. The monoisotopic (exact) mass is 241 g/mol. The van der Waals surface area contributed by atoms with Gasteiger partial charge in [0.1, 0.15) is 4.88 Å². The standard InChI is InChI=1S/C10H15N3O2S/c1-2-8-9(16-13-12-8)10(14)11-5-7-3-4-15-6-7/h7H,2-6H2,1H3,(H,11,14). The molecule has 0 spiro atoms. The summed E-state index contributed by atoms with van der Waals surface area (Å²) in [7, 11) is 0. The molecule has 5 nitrogen and oxygen atoms in total. The van der Waals surface area contributed by atoms with Crippen molar-refractivity contribution in [2.45, 2.75) is 19.8 Å². The Bertz CT molecular complexity index is 361. The van der Waals surface area contributed by atoms with E-state index in [0.29, 0.717) is 17.3 Å². The molecule has 0 bridgehead atoms. The third kappa shape index (κ3) is 2.56. The minimum Gasteiger partial charge on any atom is -0.381 e. The van der Waals surface area contributed by atoms with Gasteiger partial charge < -0.3 is 10.1 Å². The molecule has 1 atom stereocenters. The van der Waals surface area contributed by atoms with Crippen molar-refractivity contribution in [3.05, 3.63) is 10.6 Å². The van der Waals surface area contributed by atoms with Crippen molar-refractivity contribution in [3.63, 3.8) is 0 Å². The fraction of sp³-hybridized carbons (Fsp3) is 0.700. The highest BCUT2D eigenvalue weighted by molar-refractivity contribution is 7.08. The van der Waals surface area contributed by atoms with Gasteiger partial charge in [0.05, 0.1) is 12.3 Å². The van der Waals surface area contributed by atoms with E-state index in [2.05, 4.69) is 14.9 Å². The molecule has 16 heavy (non-hydrogen) atoms. The van der Waals surface area contributed by atoms with Crippen LogP contribution in [0.5, 0.6) is 0 Å². The summed E-state index contributed by atoms with van der Waals surface area (Å²) in [6.45, 7) is 4.21. The van der Waals surface area contributed by atoms with Gasteiger partial charge in [-0.15, -0.1) is 5.10 Å². The lowest BCUT2D eigenvalue weighted by atomic mass is 10.1. The number of ether oxygens (including phenoxy) is 1. The lowest BCUT2D eigenvalue weighted by Crippen LogP contribution is -2.29. The first-order valence-corrected chi connectivity index (χ1v) is 6.25. The smallest absolute Gasteiger partial charge is 0.264 e. The van der Waals surface area contributed by atoms with Crippen LogP contribution in [0.2, 0.25) is 0 Å². The summed E-state index contributed by atoms with van der Waals surface area (Å²) in [5.74, 6) is 0.397. The van der Waals surface area contributed by atoms with Crippen LogP contribution < -0.4 is 5.32 Å². The average molecular weight is 241 g/mol. The zero-order valence-corrected chi connectivity index (χ0v) is 10.0. The number of amides is 1. The van der Waals surface area contributed by atoms with Crippen molar-refractivity contribution in [2.24, 2.45) is 5.92 Å². The van der Waals surface area contributed by atoms with E-state index in [9.17, 15) is 4.79 Å². The Morgan fingerprint density at radius 2 is 2.56 bits per heavy atom. The maximum Gasteiger partial charge on any atom is 0.264 e. The molecule has 1 unspecified atom stereocenters. The maximum atomic E-state index is 11.8. The fourth-order valence-corrected chi connectivity index (χ4v) is 2.34. The van der Waals surface area contributed by atoms with Crippen molar-refractivity contribution in [1.29, 1.82) is 0 Å². The van der Waals surface area contributed by atoms with Gasteiger partial charge in [-0.05, 0) is 24.4 Å². The van der Waals surface area contributed by atoms with Crippen LogP contribution in [0.25, 0.3) is 0 Å². The lowest BCUT2D eigenvalue weighted by molar-refractivity contribution is 0.0948.